The number of nitrogens with one attached hydrogen (secondary N) is 2. The van der Waals surface area contributed by atoms with Crippen molar-refractivity contribution in [2.45, 2.75) is 37.4 Å². The summed E-state index contributed by atoms with van der Waals surface area (Å²) >= 11 is 0. The topological polar surface area (TPSA) is 80.0 Å². The molecule has 0 spiro atoms. The minimum absolute atomic E-state index is 0.115. The molecule has 2 aliphatic heterocycles. The summed E-state index contributed by atoms with van der Waals surface area (Å²) in [6.45, 7) is 0. The van der Waals surface area contributed by atoms with Crippen molar-refractivity contribution >= 4 is 5.91 Å². The zero-order chi connectivity index (χ0) is 14.2. The molecule has 0 radical (unpaired) electrons. The number of aromatic nitrogens is 2. The molecule has 4 rings (SSSR count). The molecule has 2 saturated heterocycles. The number of hydrogen-bond donors (Lipinski definition) is 2. The fraction of sp³-hybridized carbons (Fsp3) is 0.400. The largest absolute Gasteiger partial charge is 0.432 e. The Hall–Kier alpha value is -2.21. The van der Waals surface area contributed by atoms with E-state index in [0.29, 0.717) is 17.8 Å². The first-order valence-electron chi connectivity index (χ1n) is 7.23. The number of fused-ring (bicyclic) bond motifs is 2. The van der Waals surface area contributed by atoms with Gasteiger partial charge in [0.25, 0.3) is 5.89 Å². The lowest BCUT2D eigenvalue weighted by atomic mass is 9.95. The van der Waals surface area contributed by atoms with Gasteiger partial charge in [0.2, 0.25) is 0 Å². The number of nitrogens with zero attached hydrogens (tertiary/aromatic N) is 2. The van der Waals surface area contributed by atoms with Crippen LogP contribution in [0.15, 0.2) is 35.1 Å². The van der Waals surface area contributed by atoms with Gasteiger partial charge in [0, 0.05) is 36.1 Å². The normalized spacial score (nSPS) is 27.0. The Kier molecular flexibility index (Phi) is 2.96. The van der Waals surface area contributed by atoms with Gasteiger partial charge in [-0.3, -0.25) is 9.78 Å². The van der Waals surface area contributed by atoms with Crippen LogP contribution in [0.4, 0.5) is 0 Å². The molecule has 6 nitrogen and oxygen atoms in total. The van der Waals surface area contributed by atoms with Gasteiger partial charge in [0.1, 0.15) is 0 Å². The monoisotopic (exact) mass is 284 g/mol. The van der Waals surface area contributed by atoms with Crippen LogP contribution in [0.1, 0.15) is 29.9 Å². The Morgan fingerprint density at radius 1 is 1.33 bits per heavy atom. The van der Waals surface area contributed by atoms with Crippen molar-refractivity contribution in [2.75, 3.05) is 0 Å². The van der Waals surface area contributed by atoms with Crippen molar-refractivity contribution in [1.29, 1.82) is 0 Å². The van der Waals surface area contributed by atoms with Gasteiger partial charge >= 0.3 is 5.91 Å². The highest BCUT2D eigenvalue weighted by Crippen LogP contribution is 2.28. The van der Waals surface area contributed by atoms with Crippen molar-refractivity contribution in [3.8, 4) is 11.3 Å². The predicted molar refractivity (Wildman–Crippen MR) is 75.6 cm³/mol. The van der Waals surface area contributed by atoms with E-state index in [1.165, 1.54) is 6.42 Å². The SMILES string of the molecule is O=C(N[C@@H]1C[C@H]2CC[C@@H]1N2)c1ncc(-c2ccncc2)o1. The first-order valence-corrected chi connectivity index (χ1v) is 7.23. The summed E-state index contributed by atoms with van der Waals surface area (Å²) in [6, 6.07) is 4.78. The van der Waals surface area contributed by atoms with Crippen LogP contribution in [0.2, 0.25) is 0 Å². The van der Waals surface area contributed by atoms with Gasteiger partial charge < -0.3 is 15.1 Å². The predicted octanol–water partition coefficient (Wildman–Crippen LogP) is 1.36. The Labute approximate surface area is 122 Å². The summed E-state index contributed by atoms with van der Waals surface area (Å²) in [5.74, 6) is 0.452. The number of oxazole rings is 1. The second kappa shape index (κ2) is 4.96. The third-order valence-corrected chi connectivity index (χ3v) is 4.28. The van der Waals surface area contributed by atoms with Gasteiger partial charge in [-0.15, -0.1) is 0 Å². The molecule has 0 aliphatic carbocycles. The fourth-order valence-corrected chi connectivity index (χ4v) is 3.24. The number of amides is 1. The van der Waals surface area contributed by atoms with Crippen LogP contribution in [-0.4, -0.2) is 34.0 Å². The highest BCUT2D eigenvalue weighted by molar-refractivity contribution is 5.90. The summed E-state index contributed by atoms with van der Waals surface area (Å²) in [4.78, 5) is 20.2. The first-order chi connectivity index (χ1) is 10.3. The Morgan fingerprint density at radius 2 is 2.19 bits per heavy atom. The van der Waals surface area contributed by atoms with E-state index in [0.717, 1.165) is 18.4 Å². The maximum absolute atomic E-state index is 12.2. The number of carbonyl (C=O) groups excluding carboxylic acids is 1. The zero-order valence-corrected chi connectivity index (χ0v) is 11.5. The van der Waals surface area contributed by atoms with Crippen LogP contribution < -0.4 is 10.6 Å². The van der Waals surface area contributed by atoms with Gasteiger partial charge in [-0.05, 0) is 31.4 Å². The Balaban J connectivity index is 1.47. The van der Waals surface area contributed by atoms with E-state index in [-0.39, 0.29) is 17.8 Å². The molecule has 6 heteroatoms. The molecule has 4 heterocycles. The highest BCUT2D eigenvalue weighted by atomic mass is 16.4. The molecule has 0 saturated carbocycles. The number of rotatable bonds is 3. The third-order valence-electron chi connectivity index (χ3n) is 4.28. The summed E-state index contributed by atoms with van der Waals surface area (Å²) in [5.41, 5.74) is 0.859. The third kappa shape index (κ3) is 2.31. The van der Waals surface area contributed by atoms with Gasteiger partial charge in [-0.25, -0.2) is 4.98 Å². The van der Waals surface area contributed by atoms with E-state index < -0.39 is 0 Å². The zero-order valence-electron chi connectivity index (χ0n) is 11.5. The first kappa shape index (κ1) is 12.5. The summed E-state index contributed by atoms with van der Waals surface area (Å²) in [6.07, 6.45) is 8.26. The molecule has 0 aromatic carbocycles. The maximum atomic E-state index is 12.2. The van der Waals surface area contributed by atoms with E-state index in [2.05, 4.69) is 20.6 Å². The number of pyridine rings is 1. The van der Waals surface area contributed by atoms with Gasteiger partial charge in [-0.2, -0.15) is 0 Å². The molecular formula is C15H16N4O2. The fourth-order valence-electron chi connectivity index (χ4n) is 3.24. The molecule has 2 aromatic heterocycles. The van der Waals surface area contributed by atoms with Crippen molar-refractivity contribution < 1.29 is 9.21 Å². The molecule has 108 valence electrons. The van der Waals surface area contributed by atoms with Crippen molar-refractivity contribution in [3.05, 3.63) is 36.6 Å². The quantitative estimate of drug-likeness (QED) is 0.889. The average molecular weight is 284 g/mol. The van der Waals surface area contributed by atoms with E-state index in [1.807, 2.05) is 12.1 Å². The van der Waals surface area contributed by atoms with Crippen molar-refractivity contribution in [1.82, 2.24) is 20.6 Å². The van der Waals surface area contributed by atoms with Gasteiger partial charge in [-0.1, -0.05) is 0 Å². The van der Waals surface area contributed by atoms with Crippen LogP contribution in [0.3, 0.4) is 0 Å². The van der Waals surface area contributed by atoms with E-state index in [9.17, 15) is 4.79 Å². The molecule has 2 aliphatic rings. The molecule has 2 bridgehead atoms. The van der Waals surface area contributed by atoms with E-state index in [1.54, 1.807) is 18.6 Å². The van der Waals surface area contributed by atoms with Crippen LogP contribution in [0, 0.1) is 0 Å². The summed E-state index contributed by atoms with van der Waals surface area (Å²) in [5, 5.41) is 6.51. The second-order valence-corrected chi connectivity index (χ2v) is 5.63. The van der Waals surface area contributed by atoms with Gasteiger partial charge in [0.05, 0.1) is 6.20 Å². The number of carbonyl (C=O) groups is 1. The molecule has 3 atom stereocenters. The maximum Gasteiger partial charge on any atom is 0.307 e. The Morgan fingerprint density at radius 3 is 2.90 bits per heavy atom. The molecule has 2 N–H and O–H groups in total. The minimum atomic E-state index is -0.241. The van der Waals surface area contributed by atoms with Crippen LogP contribution in [-0.2, 0) is 0 Å². The van der Waals surface area contributed by atoms with Crippen LogP contribution >= 0.6 is 0 Å². The van der Waals surface area contributed by atoms with E-state index in [4.69, 9.17) is 4.42 Å². The molecule has 0 unspecified atom stereocenters. The smallest absolute Gasteiger partial charge is 0.307 e. The lowest BCUT2D eigenvalue weighted by Gasteiger charge is -2.20. The van der Waals surface area contributed by atoms with Gasteiger partial charge in [0.15, 0.2) is 5.76 Å². The van der Waals surface area contributed by atoms with Crippen molar-refractivity contribution in [3.63, 3.8) is 0 Å². The van der Waals surface area contributed by atoms with E-state index >= 15 is 0 Å². The molecular weight excluding hydrogens is 268 g/mol. The lowest BCUT2D eigenvalue weighted by molar-refractivity contribution is 0.0896. The average Bonchev–Trinajstić information content (AvgIpc) is 3.24. The molecule has 2 aromatic rings. The standard InChI is InChI=1S/C15H16N4O2/c20-14(19-12-7-10-1-2-11(12)18-10)15-17-8-13(21-15)9-3-5-16-6-4-9/h3-6,8,10-12,18H,1-2,7H2,(H,19,20)/t10-,11+,12-/m1/s1. The molecule has 21 heavy (non-hydrogen) atoms. The highest BCUT2D eigenvalue weighted by Gasteiger charge is 2.40. The van der Waals surface area contributed by atoms with Crippen molar-refractivity contribution in [2.24, 2.45) is 0 Å². The second-order valence-electron chi connectivity index (χ2n) is 5.63. The van der Waals surface area contributed by atoms with Crippen LogP contribution in [0.25, 0.3) is 11.3 Å². The molecule has 1 amide bonds. The molecule has 2 fully saturated rings. The summed E-state index contributed by atoms with van der Waals surface area (Å²) < 4.78 is 5.55. The van der Waals surface area contributed by atoms with Crippen LogP contribution in [0.5, 0.6) is 0 Å². The minimum Gasteiger partial charge on any atom is -0.432 e. The Bertz CT molecular complexity index is 655. The number of hydrogen-bond acceptors (Lipinski definition) is 5. The lowest BCUT2D eigenvalue weighted by Crippen LogP contribution is -2.43. The summed E-state index contributed by atoms with van der Waals surface area (Å²) in [7, 11) is 0.